The third-order valence-electron chi connectivity index (χ3n) is 7.01. The zero-order valence-electron chi connectivity index (χ0n) is 20.7. The number of Topliss-reactive ketones (excluding diaryl/α,β-unsaturated/α-hetero) is 1. The molecule has 0 aliphatic heterocycles. The number of ether oxygens (including phenoxy) is 3. The number of hydrogen-bond acceptors (Lipinski definition) is 9. The smallest absolute Gasteiger partial charge is 0.353 e. The molecule has 186 valence electrons. The predicted octanol–water partition coefficient (Wildman–Crippen LogP) is 2.01. The van der Waals surface area contributed by atoms with Crippen molar-refractivity contribution in [3.8, 4) is 0 Å². The lowest BCUT2D eigenvalue weighted by molar-refractivity contribution is -0.225. The van der Waals surface area contributed by atoms with Crippen molar-refractivity contribution in [1.29, 1.82) is 0 Å². The summed E-state index contributed by atoms with van der Waals surface area (Å²) in [5.41, 5.74) is -5.12. The minimum absolute atomic E-state index is 0.143. The maximum Gasteiger partial charge on any atom is 0.353 e. The van der Waals surface area contributed by atoms with Gasteiger partial charge in [-0.1, -0.05) is 13.0 Å². The van der Waals surface area contributed by atoms with Crippen LogP contribution < -0.4 is 0 Å². The lowest BCUT2D eigenvalue weighted by atomic mass is 9.54. The van der Waals surface area contributed by atoms with Crippen LogP contribution in [0.4, 0.5) is 0 Å². The SMILES string of the molecule is CC(=O)OC(C)(C(=O)OC1CCC2(C)CC(=O)C(C(C)(C)O)=CC2C1(C)OC(C)=O)C(C)O. The molecule has 0 amide bonds. The number of ketones is 1. The van der Waals surface area contributed by atoms with E-state index in [0.29, 0.717) is 6.42 Å². The standard InChI is InChI=1S/C24H36O9/c1-13(25)23(7,32-14(2)26)20(29)31-19-9-10-22(6)12-17(28)16(21(4,5)30)11-18(22)24(19,8)33-15(3)27/h11,13,18-19,25,30H,9-10,12H2,1-8H3. The molecule has 0 aromatic carbocycles. The Morgan fingerprint density at radius 3 is 2.18 bits per heavy atom. The minimum atomic E-state index is -1.96. The van der Waals surface area contributed by atoms with Crippen LogP contribution in [0.15, 0.2) is 11.6 Å². The Kier molecular flexibility index (Phi) is 7.22. The van der Waals surface area contributed by atoms with Crippen molar-refractivity contribution in [1.82, 2.24) is 0 Å². The normalized spacial score (nSPS) is 32.5. The molecule has 0 saturated heterocycles. The molecule has 1 fully saturated rings. The van der Waals surface area contributed by atoms with Crippen molar-refractivity contribution in [2.45, 2.75) is 104 Å². The van der Waals surface area contributed by atoms with Crippen LogP contribution in [0.25, 0.3) is 0 Å². The Labute approximate surface area is 194 Å². The average Bonchev–Trinajstić information content (AvgIpc) is 2.61. The second kappa shape index (κ2) is 8.83. The highest BCUT2D eigenvalue weighted by molar-refractivity contribution is 5.98. The summed E-state index contributed by atoms with van der Waals surface area (Å²) in [6.07, 6.45) is 0.216. The lowest BCUT2D eigenvalue weighted by Gasteiger charge is -2.55. The van der Waals surface area contributed by atoms with E-state index in [1.807, 2.05) is 6.92 Å². The van der Waals surface area contributed by atoms with E-state index in [2.05, 4.69) is 0 Å². The highest BCUT2D eigenvalue weighted by Gasteiger charge is 2.60. The van der Waals surface area contributed by atoms with Crippen LogP contribution in [0.5, 0.6) is 0 Å². The Balaban J connectivity index is 2.54. The van der Waals surface area contributed by atoms with Gasteiger partial charge in [-0.3, -0.25) is 14.4 Å². The number of esters is 3. The van der Waals surface area contributed by atoms with Crippen LogP contribution in [0.2, 0.25) is 0 Å². The number of carbonyl (C=O) groups is 4. The highest BCUT2D eigenvalue weighted by Crippen LogP contribution is 2.55. The molecule has 0 spiro atoms. The summed E-state index contributed by atoms with van der Waals surface area (Å²) < 4.78 is 16.6. The molecule has 33 heavy (non-hydrogen) atoms. The van der Waals surface area contributed by atoms with Crippen LogP contribution in [-0.2, 0) is 33.4 Å². The Hall–Kier alpha value is -2.26. The van der Waals surface area contributed by atoms with E-state index in [-0.39, 0.29) is 24.2 Å². The van der Waals surface area contributed by atoms with Crippen molar-refractivity contribution in [2.75, 3.05) is 0 Å². The molecule has 1 saturated carbocycles. The molecule has 0 aromatic rings. The van der Waals surface area contributed by atoms with Crippen LogP contribution in [0, 0.1) is 11.3 Å². The number of aliphatic hydroxyl groups is 2. The van der Waals surface area contributed by atoms with Gasteiger partial charge in [0.2, 0.25) is 5.60 Å². The van der Waals surface area contributed by atoms with Crippen molar-refractivity contribution in [3.05, 3.63) is 11.6 Å². The molecule has 0 radical (unpaired) electrons. The molecule has 2 aliphatic rings. The summed E-state index contributed by atoms with van der Waals surface area (Å²) in [4.78, 5) is 49.6. The van der Waals surface area contributed by atoms with Crippen molar-refractivity contribution >= 4 is 23.7 Å². The van der Waals surface area contributed by atoms with E-state index in [4.69, 9.17) is 14.2 Å². The number of fused-ring (bicyclic) bond motifs is 1. The lowest BCUT2D eigenvalue weighted by Crippen LogP contribution is -2.62. The first-order valence-corrected chi connectivity index (χ1v) is 11.1. The third kappa shape index (κ3) is 5.14. The summed E-state index contributed by atoms with van der Waals surface area (Å²) in [5.74, 6) is -3.07. The Morgan fingerprint density at radius 1 is 1.15 bits per heavy atom. The minimum Gasteiger partial charge on any atom is -0.455 e. The van der Waals surface area contributed by atoms with Crippen LogP contribution in [-0.4, -0.2) is 62.9 Å². The number of hydrogen-bond donors (Lipinski definition) is 2. The molecule has 9 heteroatoms. The van der Waals surface area contributed by atoms with Gasteiger partial charge < -0.3 is 24.4 Å². The van der Waals surface area contributed by atoms with E-state index >= 15 is 0 Å². The maximum atomic E-state index is 13.1. The molecule has 0 aromatic heterocycles. The van der Waals surface area contributed by atoms with Gasteiger partial charge in [-0.2, -0.15) is 0 Å². The molecule has 0 heterocycles. The molecule has 2 N–H and O–H groups in total. The van der Waals surface area contributed by atoms with Gasteiger partial charge >= 0.3 is 17.9 Å². The molecule has 6 atom stereocenters. The first-order valence-electron chi connectivity index (χ1n) is 11.1. The second-order valence-corrected chi connectivity index (χ2v) is 10.5. The molecular weight excluding hydrogens is 432 g/mol. The number of rotatable bonds is 6. The first-order chi connectivity index (χ1) is 14.9. The molecule has 2 aliphatic carbocycles. The quantitative estimate of drug-likeness (QED) is 0.443. The van der Waals surface area contributed by atoms with Gasteiger partial charge in [0.15, 0.2) is 11.4 Å². The molecule has 0 bridgehead atoms. The van der Waals surface area contributed by atoms with Gasteiger partial charge in [-0.15, -0.1) is 0 Å². The monoisotopic (exact) mass is 468 g/mol. The molecule has 2 rings (SSSR count). The summed E-state index contributed by atoms with van der Waals surface area (Å²) in [5, 5.41) is 20.7. The largest absolute Gasteiger partial charge is 0.455 e. The average molecular weight is 469 g/mol. The van der Waals surface area contributed by atoms with Gasteiger partial charge in [0.05, 0.1) is 5.60 Å². The summed E-state index contributed by atoms with van der Waals surface area (Å²) >= 11 is 0. The summed E-state index contributed by atoms with van der Waals surface area (Å²) in [6, 6.07) is 0. The summed E-state index contributed by atoms with van der Waals surface area (Å²) in [7, 11) is 0. The Morgan fingerprint density at radius 2 is 1.73 bits per heavy atom. The topological polar surface area (TPSA) is 136 Å². The second-order valence-electron chi connectivity index (χ2n) is 10.5. The van der Waals surface area contributed by atoms with Crippen LogP contribution in [0.1, 0.15) is 74.7 Å². The van der Waals surface area contributed by atoms with Gasteiger partial charge in [0, 0.05) is 31.8 Å². The van der Waals surface area contributed by atoms with Crippen LogP contribution in [0.3, 0.4) is 0 Å². The molecule has 9 nitrogen and oxygen atoms in total. The number of carbonyl (C=O) groups excluding carboxylic acids is 4. The van der Waals surface area contributed by atoms with E-state index in [9.17, 15) is 29.4 Å². The van der Waals surface area contributed by atoms with Gasteiger partial charge in [-0.05, 0) is 52.9 Å². The fourth-order valence-corrected chi connectivity index (χ4v) is 5.08. The highest BCUT2D eigenvalue weighted by atomic mass is 16.6. The fraction of sp³-hybridized carbons (Fsp3) is 0.750. The van der Waals surface area contributed by atoms with Gasteiger partial charge in [0.1, 0.15) is 12.2 Å². The van der Waals surface area contributed by atoms with Crippen LogP contribution >= 0.6 is 0 Å². The maximum absolute atomic E-state index is 13.1. The van der Waals surface area contributed by atoms with Crippen molar-refractivity contribution < 1.29 is 43.6 Å². The first kappa shape index (κ1) is 27.0. The van der Waals surface area contributed by atoms with Gasteiger partial charge in [0.25, 0.3) is 0 Å². The molecule has 6 unspecified atom stereocenters. The zero-order chi connectivity index (χ0) is 25.6. The van der Waals surface area contributed by atoms with E-state index < -0.39 is 58.3 Å². The predicted molar refractivity (Wildman–Crippen MR) is 117 cm³/mol. The number of aliphatic hydroxyl groups excluding tert-OH is 1. The zero-order valence-corrected chi connectivity index (χ0v) is 20.7. The van der Waals surface area contributed by atoms with Crippen molar-refractivity contribution in [3.63, 3.8) is 0 Å². The van der Waals surface area contributed by atoms with E-state index in [0.717, 1.165) is 6.92 Å². The third-order valence-corrected chi connectivity index (χ3v) is 7.01. The van der Waals surface area contributed by atoms with E-state index in [1.165, 1.54) is 34.6 Å². The Bertz CT molecular complexity index is 868. The molecular formula is C24H36O9. The summed E-state index contributed by atoms with van der Waals surface area (Å²) in [6.45, 7) is 11.5. The fourth-order valence-electron chi connectivity index (χ4n) is 5.08. The van der Waals surface area contributed by atoms with E-state index in [1.54, 1.807) is 13.0 Å². The van der Waals surface area contributed by atoms with Gasteiger partial charge in [-0.25, -0.2) is 4.79 Å². The van der Waals surface area contributed by atoms with Crippen molar-refractivity contribution in [2.24, 2.45) is 11.3 Å².